The summed E-state index contributed by atoms with van der Waals surface area (Å²) in [5.74, 6) is 1.08. The minimum absolute atomic E-state index is 0.0684. The first kappa shape index (κ1) is 20.0. The van der Waals surface area contributed by atoms with Crippen molar-refractivity contribution in [2.24, 2.45) is 0 Å². The van der Waals surface area contributed by atoms with Gasteiger partial charge in [-0.2, -0.15) is 0 Å². The molecule has 1 N–H and O–H groups in total. The highest BCUT2D eigenvalue weighted by molar-refractivity contribution is 7.92. The van der Waals surface area contributed by atoms with Crippen molar-refractivity contribution in [1.29, 1.82) is 0 Å². The molecule has 7 heteroatoms. The lowest BCUT2D eigenvalue weighted by atomic mass is 10.2. The molecular weight excluding hydrogens is 400 g/mol. The number of para-hydroxylation sites is 3. The average molecular weight is 423 g/mol. The quantitative estimate of drug-likeness (QED) is 0.624. The molecule has 0 unspecified atom stereocenters. The largest absolute Gasteiger partial charge is 0.455 e. The Balaban J connectivity index is 1.59. The Labute approximate surface area is 176 Å². The van der Waals surface area contributed by atoms with E-state index in [1.54, 1.807) is 53.4 Å². The Hall–Kier alpha value is -3.32. The van der Waals surface area contributed by atoms with E-state index in [1.165, 1.54) is 6.07 Å². The number of nitrogens with one attached hydrogen (secondary N) is 1. The van der Waals surface area contributed by atoms with Gasteiger partial charge >= 0.3 is 0 Å². The molecule has 1 aliphatic heterocycles. The molecule has 0 spiro atoms. The van der Waals surface area contributed by atoms with Crippen LogP contribution in [0, 0.1) is 6.92 Å². The van der Waals surface area contributed by atoms with Gasteiger partial charge in [0.25, 0.3) is 10.0 Å². The number of sulfonamides is 1. The van der Waals surface area contributed by atoms with Gasteiger partial charge in [-0.25, -0.2) is 8.42 Å². The summed E-state index contributed by atoms with van der Waals surface area (Å²) in [6, 6.07) is 20.8. The van der Waals surface area contributed by atoms with E-state index in [0.717, 1.165) is 17.7 Å². The molecule has 0 aliphatic carbocycles. The van der Waals surface area contributed by atoms with Gasteiger partial charge in [0, 0.05) is 18.7 Å². The zero-order valence-electron chi connectivity index (χ0n) is 16.5. The number of anilines is 2. The van der Waals surface area contributed by atoms with Gasteiger partial charge in [0.1, 0.15) is 5.75 Å². The summed E-state index contributed by atoms with van der Waals surface area (Å²) >= 11 is 0. The third-order valence-corrected chi connectivity index (χ3v) is 6.31. The van der Waals surface area contributed by atoms with Gasteiger partial charge in [0.15, 0.2) is 5.75 Å². The first-order valence-electron chi connectivity index (χ1n) is 9.70. The van der Waals surface area contributed by atoms with Crippen LogP contribution in [-0.4, -0.2) is 20.9 Å². The highest BCUT2D eigenvalue weighted by atomic mass is 32.2. The second-order valence-corrected chi connectivity index (χ2v) is 8.80. The Bertz CT molecular complexity index is 1180. The van der Waals surface area contributed by atoms with Gasteiger partial charge in [0.2, 0.25) is 5.91 Å². The van der Waals surface area contributed by atoms with Crippen molar-refractivity contribution < 1.29 is 17.9 Å². The minimum Gasteiger partial charge on any atom is -0.455 e. The molecule has 3 aromatic rings. The fraction of sp³-hybridized carbons (Fsp3) is 0.174. The smallest absolute Gasteiger partial charge is 0.262 e. The highest BCUT2D eigenvalue weighted by Gasteiger charge is 2.24. The van der Waals surface area contributed by atoms with Crippen LogP contribution in [0.25, 0.3) is 0 Å². The maximum absolute atomic E-state index is 13.0. The maximum atomic E-state index is 13.0. The molecule has 154 valence electrons. The second-order valence-electron chi connectivity index (χ2n) is 7.11. The first-order chi connectivity index (χ1) is 14.4. The van der Waals surface area contributed by atoms with E-state index in [1.807, 2.05) is 25.1 Å². The van der Waals surface area contributed by atoms with E-state index in [0.29, 0.717) is 30.2 Å². The topological polar surface area (TPSA) is 75.7 Å². The zero-order valence-corrected chi connectivity index (χ0v) is 17.4. The van der Waals surface area contributed by atoms with E-state index in [-0.39, 0.29) is 10.8 Å². The fourth-order valence-electron chi connectivity index (χ4n) is 3.46. The van der Waals surface area contributed by atoms with E-state index >= 15 is 0 Å². The van der Waals surface area contributed by atoms with Crippen molar-refractivity contribution in [3.05, 3.63) is 78.4 Å². The Morgan fingerprint density at radius 1 is 0.967 bits per heavy atom. The van der Waals surface area contributed by atoms with E-state index in [2.05, 4.69) is 4.72 Å². The predicted molar refractivity (Wildman–Crippen MR) is 117 cm³/mol. The van der Waals surface area contributed by atoms with E-state index < -0.39 is 10.0 Å². The number of hydrogen-bond acceptors (Lipinski definition) is 4. The molecule has 1 saturated heterocycles. The molecule has 1 fully saturated rings. The van der Waals surface area contributed by atoms with Crippen LogP contribution >= 0.6 is 0 Å². The number of ether oxygens (including phenoxy) is 1. The van der Waals surface area contributed by atoms with E-state index in [9.17, 15) is 13.2 Å². The monoisotopic (exact) mass is 422 g/mol. The summed E-state index contributed by atoms with van der Waals surface area (Å²) in [6.45, 7) is 2.47. The van der Waals surface area contributed by atoms with Crippen LogP contribution < -0.4 is 14.4 Å². The lowest BCUT2D eigenvalue weighted by Gasteiger charge is -2.19. The minimum atomic E-state index is -3.84. The summed E-state index contributed by atoms with van der Waals surface area (Å²) in [4.78, 5) is 13.9. The van der Waals surface area contributed by atoms with Gasteiger partial charge < -0.3 is 9.64 Å². The molecule has 0 saturated carbocycles. The van der Waals surface area contributed by atoms with Gasteiger partial charge in [0.05, 0.1) is 10.6 Å². The molecule has 3 aromatic carbocycles. The van der Waals surface area contributed by atoms with Crippen molar-refractivity contribution >= 4 is 27.3 Å². The average Bonchev–Trinajstić information content (AvgIpc) is 3.15. The molecule has 0 atom stereocenters. The van der Waals surface area contributed by atoms with E-state index in [4.69, 9.17) is 4.74 Å². The number of rotatable bonds is 6. The first-order valence-corrected chi connectivity index (χ1v) is 11.2. The summed E-state index contributed by atoms with van der Waals surface area (Å²) in [7, 11) is -3.84. The highest BCUT2D eigenvalue weighted by Crippen LogP contribution is 2.32. The molecule has 1 aliphatic rings. The number of hydrogen-bond donors (Lipinski definition) is 1. The lowest BCUT2D eigenvalue weighted by Crippen LogP contribution is -2.24. The second kappa shape index (κ2) is 8.20. The zero-order chi connectivity index (χ0) is 21.1. The molecule has 0 aromatic heterocycles. The van der Waals surface area contributed by atoms with Gasteiger partial charge in [-0.05, 0) is 61.4 Å². The van der Waals surface area contributed by atoms with Crippen molar-refractivity contribution in [3.8, 4) is 11.5 Å². The van der Waals surface area contributed by atoms with Crippen LogP contribution in [0.5, 0.6) is 11.5 Å². The standard InChI is InChI=1S/C23H22N2O4S/c1-17-16-19(13-14-21(17)25-15-7-12-23(25)26)30(27,28)24-20-10-5-6-11-22(20)29-18-8-3-2-4-9-18/h2-6,8-11,13-14,16,24H,7,12,15H2,1H3. The third kappa shape index (κ3) is 4.16. The molecule has 6 nitrogen and oxygen atoms in total. The van der Waals surface area contributed by atoms with Gasteiger partial charge in [-0.3, -0.25) is 9.52 Å². The predicted octanol–water partition coefficient (Wildman–Crippen LogP) is 4.71. The molecular formula is C23H22N2O4S. The number of carbonyl (C=O) groups is 1. The normalized spacial score (nSPS) is 14.0. The molecule has 0 bridgehead atoms. The number of carbonyl (C=O) groups excluding carboxylic acids is 1. The van der Waals surface area contributed by atoms with Crippen LogP contribution in [0.4, 0.5) is 11.4 Å². The van der Waals surface area contributed by atoms with Crippen molar-refractivity contribution in [3.63, 3.8) is 0 Å². The lowest BCUT2D eigenvalue weighted by molar-refractivity contribution is -0.117. The van der Waals surface area contributed by atoms with Crippen molar-refractivity contribution in [2.75, 3.05) is 16.2 Å². The Morgan fingerprint density at radius 3 is 2.40 bits per heavy atom. The Kier molecular flexibility index (Phi) is 5.46. The summed E-state index contributed by atoms with van der Waals surface area (Å²) < 4.78 is 34.5. The molecule has 1 heterocycles. The number of nitrogens with zero attached hydrogens (tertiary/aromatic N) is 1. The molecule has 0 radical (unpaired) electrons. The Morgan fingerprint density at radius 2 is 1.70 bits per heavy atom. The molecule has 30 heavy (non-hydrogen) atoms. The number of benzene rings is 3. The van der Waals surface area contributed by atoms with Crippen LogP contribution in [-0.2, 0) is 14.8 Å². The van der Waals surface area contributed by atoms with Crippen LogP contribution in [0.1, 0.15) is 18.4 Å². The fourth-order valence-corrected chi connectivity index (χ4v) is 4.62. The van der Waals surface area contributed by atoms with Crippen LogP contribution in [0.3, 0.4) is 0 Å². The number of aryl methyl sites for hydroxylation is 1. The summed E-state index contributed by atoms with van der Waals surface area (Å²) in [5, 5.41) is 0. The summed E-state index contributed by atoms with van der Waals surface area (Å²) in [5.41, 5.74) is 1.84. The van der Waals surface area contributed by atoms with Gasteiger partial charge in [-0.15, -0.1) is 0 Å². The van der Waals surface area contributed by atoms with Crippen LogP contribution in [0.2, 0.25) is 0 Å². The van der Waals surface area contributed by atoms with Crippen molar-refractivity contribution in [1.82, 2.24) is 0 Å². The summed E-state index contributed by atoms with van der Waals surface area (Å²) in [6.07, 6.45) is 1.34. The third-order valence-electron chi connectivity index (χ3n) is 4.95. The SMILES string of the molecule is Cc1cc(S(=O)(=O)Nc2ccccc2Oc2ccccc2)ccc1N1CCCC1=O. The van der Waals surface area contributed by atoms with Crippen molar-refractivity contribution in [2.45, 2.75) is 24.7 Å². The molecule has 1 amide bonds. The van der Waals surface area contributed by atoms with Gasteiger partial charge in [-0.1, -0.05) is 30.3 Å². The van der Waals surface area contributed by atoms with Crippen LogP contribution in [0.15, 0.2) is 77.7 Å². The molecule has 4 rings (SSSR count). The number of amides is 1. The maximum Gasteiger partial charge on any atom is 0.262 e.